The first-order chi connectivity index (χ1) is 9.92. The van der Waals surface area contributed by atoms with Gasteiger partial charge >= 0.3 is 0 Å². The van der Waals surface area contributed by atoms with Crippen LogP contribution in [0.15, 0.2) is 30.3 Å². The molecule has 21 heavy (non-hydrogen) atoms. The van der Waals surface area contributed by atoms with Gasteiger partial charge < -0.3 is 15.8 Å². The van der Waals surface area contributed by atoms with Crippen molar-refractivity contribution >= 4 is 17.3 Å². The average molecular weight is 292 g/mol. The van der Waals surface area contributed by atoms with Gasteiger partial charge in [0.2, 0.25) is 0 Å². The van der Waals surface area contributed by atoms with Crippen LogP contribution >= 0.6 is 0 Å². The van der Waals surface area contributed by atoms with Crippen LogP contribution in [-0.2, 0) is 0 Å². The molecule has 0 saturated carbocycles. The predicted molar refractivity (Wildman–Crippen MR) is 76.5 cm³/mol. The van der Waals surface area contributed by atoms with Crippen molar-refractivity contribution in [3.8, 4) is 5.75 Å². The number of amides is 1. The number of methoxy groups -OCH3 is 1. The largest absolute Gasteiger partial charge is 0.497 e. The number of nitrogens with one attached hydrogen (secondary N) is 1. The van der Waals surface area contributed by atoms with Gasteiger partial charge in [-0.05, 0) is 30.7 Å². The average Bonchev–Trinajstić information content (AvgIpc) is 2.46. The zero-order chi connectivity index (χ0) is 15.6. The van der Waals surface area contributed by atoms with Crippen molar-refractivity contribution in [2.24, 2.45) is 0 Å². The van der Waals surface area contributed by atoms with Crippen LogP contribution in [0, 0.1) is 18.6 Å². The zero-order valence-electron chi connectivity index (χ0n) is 11.5. The van der Waals surface area contributed by atoms with Crippen molar-refractivity contribution < 1.29 is 18.3 Å². The van der Waals surface area contributed by atoms with Crippen molar-refractivity contribution in [2.45, 2.75) is 6.92 Å². The number of nitrogens with two attached hydrogens (primary N) is 1. The Bertz CT molecular complexity index is 702. The van der Waals surface area contributed by atoms with Gasteiger partial charge in [0, 0.05) is 17.3 Å². The summed E-state index contributed by atoms with van der Waals surface area (Å²) < 4.78 is 32.5. The lowest BCUT2D eigenvalue weighted by Crippen LogP contribution is -2.15. The second kappa shape index (κ2) is 5.78. The van der Waals surface area contributed by atoms with Crippen molar-refractivity contribution in [3.05, 3.63) is 53.1 Å². The molecule has 0 heterocycles. The highest BCUT2D eigenvalue weighted by atomic mass is 19.1. The number of benzene rings is 2. The van der Waals surface area contributed by atoms with Crippen molar-refractivity contribution in [3.63, 3.8) is 0 Å². The summed E-state index contributed by atoms with van der Waals surface area (Å²) in [6.45, 7) is 1.48. The topological polar surface area (TPSA) is 64.3 Å². The van der Waals surface area contributed by atoms with Crippen molar-refractivity contribution in [1.82, 2.24) is 0 Å². The molecule has 0 bridgehead atoms. The van der Waals surface area contributed by atoms with Gasteiger partial charge in [0.15, 0.2) is 5.82 Å². The third-order valence-corrected chi connectivity index (χ3v) is 2.95. The molecule has 3 N–H and O–H groups in total. The second-order valence-corrected chi connectivity index (χ2v) is 4.50. The van der Waals surface area contributed by atoms with Gasteiger partial charge in [-0.1, -0.05) is 6.07 Å². The first kappa shape index (κ1) is 14.8. The van der Waals surface area contributed by atoms with E-state index in [2.05, 4.69) is 5.32 Å². The minimum absolute atomic E-state index is 0.146. The number of nitrogen functional groups attached to an aromatic ring is 1. The van der Waals surface area contributed by atoms with Gasteiger partial charge in [-0.15, -0.1) is 0 Å². The lowest BCUT2D eigenvalue weighted by atomic mass is 10.1. The monoisotopic (exact) mass is 292 g/mol. The molecule has 1 amide bonds. The van der Waals surface area contributed by atoms with E-state index in [9.17, 15) is 13.6 Å². The maximum Gasteiger partial charge on any atom is 0.256 e. The molecule has 2 aromatic rings. The molecule has 4 nitrogen and oxygen atoms in total. The number of halogens is 2. The number of hydrogen-bond acceptors (Lipinski definition) is 3. The molecule has 2 rings (SSSR count). The normalized spacial score (nSPS) is 10.3. The van der Waals surface area contributed by atoms with Crippen LogP contribution in [0.2, 0.25) is 0 Å². The van der Waals surface area contributed by atoms with Crippen LogP contribution in [0.4, 0.5) is 20.2 Å². The summed E-state index contributed by atoms with van der Waals surface area (Å²) in [5, 5.41) is 2.21. The Morgan fingerprint density at radius 1 is 1.24 bits per heavy atom. The fourth-order valence-corrected chi connectivity index (χ4v) is 1.83. The number of aryl methyl sites for hydroxylation is 1. The maximum atomic E-state index is 13.9. The second-order valence-electron chi connectivity index (χ2n) is 4.50. The van der Waals surface area contributed by atoms with Gasteiger partial charge in [0.25, 0.3) is 5.91 Å². The fourth-order valence-electron chi connectivity index (χ4n) is 1.83. The Labute approximate surface area is 120 Å². The highest BCUT2D eigenvalue weighted by Crippen LogP contribution is 2.24. The summed E-state index contributed by atoms with van der Waals surface area (Å²) in [5.74, 6) is -1.95. The molecule has 0 aromatic heterocycles. The van der Waals surface area contributed by atoms with E-state index in [0.717, 1.165) is 6.07 Å². The standard InChI is InChI=1S/C15H14F2N2O2/c1-8-3-4-12(16)14(13(8)17)19-15(20)9-5-10(18)7-11(6-9)21-2/h3-7H,18H2,1-2H3,(H,19,20). The van der Waals surface area contributed by atoms with Crippen LogP contribution in [-0.4, -0.2) is 13.0 Å². The van der Waals surface area contributed by atoms with Gasteiger partial charge in [0.1, 0.15) is 17.3 Å². The van der Waals surface area contributed by atoms with Crippen LogP contribution in [0.25, 0.3) is 0 Å². The molecule has 0 aliphatic carbocycles. The van der Waals surface area contributed by atoms with Crippen LogP contribution in [0.1, 0.15) is 15.9 Å². The maximum absolute atomic E-state index is 13.9. The van der Waals surface area contributed by atoms with E-state index in [4.69, 9.17) is 10.5 Å². The molecule has 0 fully saturated rings. The van der Waals surface area contributed by atoms with Gasteiger partial charge in [-0.25, -0.2) is 8.78 Å². The molecule has 6 heteroatoms. The first-order valence-corrected chi connectivity index (χ1v) is 6.13. The Balaban J connectivity index is 2.35. The SMILES string of the molecule is COc1cc(N)cc(C(=O)Nc2c(F)ccc(C)c2F)c1. The molecule has 0 aliphatic heterocycles. The lowest BCUT2D eigenvalue weighted by Gasteiger charge is -2.10. The highest BCUT2D eigenvalue weighted by molar-refractivity contribution is 6.05. The highest BCUT2D eigenvalue weighted by Gasteiger charge is 2.16. The minimum Gasteiger partial charge on any atom is -0.497 e. The van der Waals surface area contributed by atoms with Gasteiger partial charge in [-0.2, -0.15) is 0 Å². The third kappa shape index (κ3) is 3.10. The Morgan fingerprint density at radius 2 is 1.95 bits per heavy atom. The summed E-state index contributed by atoms with van der Waals surface area (Å²) in [5.41, 5.74) is 5.85. The quantitative estimate of drug-likeness (QED) is 0.854. The number of carbonyl (C=O) groups excluding carboxylic acids is 1. The van der Waals surface area contributed by atoms with Gasteiger partial charge in [0.05, 0.1) is 7.11 Å². The molecular weight excluding hydrogens is 278 g/mol. The third-order valence-electron chi connectivity index (χ3n) is 2.95. The Hall–Kier alpha value is -2.63. The van der Waals surface area contributed by atoms with Crippen LogP contribution < -0.4 is 15.8 Å². The Kier molecular flexibility index (Phi) is 4.07. The summed E-state index contributed by atoms with van der Waals surface area (Å²) in [4.78, 5) is 12.1. The molecule has 0 unspecified atom stereocenters. The molecule has 0 saturated heterocycles. The molecule has 0 spiro atoms. The summed E-state index contributed by atoms with van der Waals surface area (Å²) in [7, 11) is 1.43. The number of rotatable bonds is 3. The summed E-state index contributed by atoms with van der Waals surface area (Å²) >= 11 is 0. The van der Waals surface area contributed by atoms with E-state index >= 15 is 0 Å². The van der Waals surface area contributed by atoms with E-state index in [1.165, 1.54) is 38.3 Å². The fraction of sp³-hybridized carbons (Fsp3) is 0.133. The summed E-state index contributed by atoms with van der Waals surface area (Å²) in [6.07, 6.45) is 0. The molecular formula is C15H14F2N2O2. The van der Waals surface area contributed by atoms with Crippen molar-refractivity contribution in [2.75, 3.05) is 18.2 Å². The number of carbonyl (C=O) groups is 1. The molecule has 0 radical (unpaired) electrons. The number of anilines is 2. The molecule has 2 aromatic carbocycles. The van der Waals surface area contributed by atoms with Crippen LogP contribution in [0.3, 0.4) is 0 Å². The molecule has 0 atom stereocenters. The number of ether oxygens (including phenoxy) is 1. The first-order valence-electron chi connectivity index (χ1n) is 6.13. The molecule has 110 valence electrons. The molecule has 0 aliphatic rings. The van der Waals surface area contributed by atoms with E-state index in [1.807, 2.05) is 0 Å². The van der Waals surface area contributed by atoms with Gasteiger partial charge in [-0.3, -0.25) is 4.79 Å². The van der Waals surface area contributed by atoms with E-state index in [-0.39, 0.29) is 11.1 Å². The number of hydrogen-bond donors (Lipinski definition) is 2. The lowest BCUT2D eigenvalue weighted by molar-refractivity contribution is 0.102. The minimum atomic E-state index is -0.845. The zero-order valence-corrected chi connectivity index (χ0v) is 11.5. The summed E-state index contributed by atoms with van der Waals surface area (Å²) in [6, 6.07) is 6.74. The van der Waals surface area contributed by atoms with Crippen LogP contribution in [0.5, 0.6) is 5.75 Å². The van der Waals surface area contributed by atoms with E-state index < -0.39 is 23.2 Å². The Morgan fingerprint density at radius 3 is 2.62 bits per heavy atom. The predicted octanol–water partition coefficient (Wildman–Crippen LogP) is 3.12. The van der Waals surface area contributed by atoms with E-state index in [0.29, 0.717) is 11.4 Å². The van der Waals surface area contributed by atoms with E-state index in [1.54, 1.807) is 0 Å². The van der Waals surface area contributed by atoms with Crippen molar-refractivity contribution in [1.29, 1.82) is 0 Å². The smallest absolute Gasteiger partial charge is 0.256 e.